The number of benzene rings is 1. The maximum absolute atomic E-state index is 12.7. The molecule has 0 radical (unpaired) electrons. The summed E-state index contributed by atoms with van der Waals surface area (Å²) in [6.45, 7) is 6.67. The lowest BCUT2D eigenvalue weighted by molar-refractivity contribution is -0.130. The van der Waals surface area contributed by atoms with E-state index in [9.17, 15) is 4.79 Å². The van der Waals surface area contributed by atoms with E-state index in [1.54, 1.807) is 11.8 Å². The molecule has 116 valence electrons. The smallest absolute Gasteiger partial charge is 0.235 e. The van der Waals surface area contributed by atoms with Gasteiger partial charge in [0.15, 0.2) is 0 Å². The molecule has 0 bridgehead atoms. The summed E-state index contributed by atoms with van der Waals surface area (Å²) in [6, 6.07) is 10.4. The number of thioether (sulfide) groups is 1. The summed E-state index contributed by atoms with van der Waals surface area (Å²) in [6.07, 6.45) is 1.05. The Morgan fingerprint density at radius 2 is 2.10 bits per heavy atom. The molecule has 0 aromatic heterocycles. The molecule has 1 aromatic rings. The molecule has 1 saturated heterocycles. The Labute approximate surface area is 132 Å². The van der Waals surface area contributed by atoms with Gasteiger partial charge in [-0.25, -0.2) is 0 Å². The molecule has 1 aliphatic heterocycles. The van der Waals surface area contributed by atoms with Gasteiger partial charge in [-0.15, -0.1) is 11.8 Å². The largest absolute Gasteiger partial charge is 0.341 e. The third-order valence-electron chi connectivity index (χ3n) is 4.05. The zero-order valence-electron chi connectivity index (χ0n) is 13.0. The van der Waals surface area contributed by atoms with Crippen molar-refractivity contribution in [2.24, 2.45) is 17.6 Å². The molecule has 2 atom stereocenters. The highest BCUT2D eigenvalue weighted by atomic mass is 32.2. The summed E-state index contributed by atoms with van der Waals surface area (Å²) in [5.74, 6) is 2.02. The highest BCUT2D eigenvalue weighted by Gasteiger charge is 2.32. The van der Waals surface area contributed by atoms with Crippen LogP contribution in [-0.4, -0.2) is 35.7 Å². The Morgan fingerprint density at radius 1 is 1.38 bits per heavy atom. The number of rotatable bonds is 6. The molecule has 1 amide bonds. The molecule has 1 aromatic carbocycles. The minimum atomic E-state index is 0.0433. The SMILES string of the molecule is CC(C)C(SCc1ccccc1)C(=O)N1CCC(CN)C1. The quantitative estimate of drug-likeness (QED) is 0.879. The lowest BCUT2D eigenvalue weighted by atomic mass is 10.1. The minimum absolute atomic E-state index is 0.0433. The van der Waals surface area contributed by atoms with Crippen molar-refractivity contribution < 1.29 is 4.79 Å². The fraction of sp³-hybridized carbons (Fsp3) is 0.588. The second-order valence-corrected chi connectivity index (χ2v) is 7.27. The monoisotopic (exact) mass is 306 g/mol. The molecular formula is C17H26N2OS. The van der Waals surface area contributed by atoms with Gasteiger partial charge in [0, 0.05) is 18.8 Å². The molecule has 2 N–H and O–H groups in total. The van der Waals surface area contributed by atoms with Crippen LogP contribution in [0.25, 0.3) is 0 Å². The van der Waals surface area contributed by atoms with Crippen LogP contribution in [0.1, 0.15) is 25.8 Å². The van der Waals surface area contributed by atoms with Gasteiger partial charge >= 0.3 is 0 Å². The molecule has 3 nitrogen and oxygen atoms in total. The molecule has 21 heavy (non-hydrogen) atoms. The van der Waals surface area contributed by atoms with Crippen LogP contribution in [0.15, 0.2) is 30.3 Å². The summed E-state index contributed by atoms with van der Waals surface area (Å²) >= 11 is 1.76. The van der Waals surface area contributed by atoms with E-state index in [2.05, 4.69) is 38.1 Å². The number of hydrogen-bond acceptors (Lipinski definition) is 3. The number of carbonyl (C=O) groups is 1. The first-order chi connectivity index (χ1) is 10.1. The number of nitrogens with zero attached hydrogens (tertiary/aromatic N) is 1. The van der Waals surface area contributed by atoms with Gasteiger partial charge in [-0.3, -0.25) is 4.79 Å². The molecular weight excluding hydrogens is 280 g/mol. The Morgan fingerprint density at radius 3 is 2.67 bits per heavy atom. The van der Waals surface area contributed by atoms with Crippen molar-refractivity contribution in [3.05, 3.63) is 35.9 Å². The summed E-state index contributed by atoms with van der Waals surface area (Å²) in [7, 11) is 0. The zero-order chi connectivity index (χ0) is 15.2. The van der Waals surface area contributed by atoms with E-state index >= 15 is 0 Å². The Kier molecular flexibility index (Phi) is 6.12. The zero-order valence-corrected chi connectivity index (χ0v) is 13.8. The topological polar surface area (TPSA) is 46.3 Å². The maximum Gasteiger partial charge on any atom is 0.235 e. The van der Waals surface area contributed by atoms with Crippen molar-refractivity contribution in [2.45, 2.75) is 31.3 Å². The minimum Gasteiger partial charge on any atom is -0.341 e. The van der Waals surface area contributed by atoms with Gasteiger partial charge in [-0.1, -0.05) is 44.2 Å². The van der Waals surface area contributed by atoms with Crippen LogP contribution in [0.3, 0.4) is 0 Å². The maximum atomic E-state index is 12.7. The van der Waals surface area contributed by atoms with Crippen LogP contribution in [0, 0.1) is 11.8 Å². The molecule has 0 spiro atoms. The van der Waals surface area contributed by atoms with Gasteiger partial charge in [0.2, 0.25) is 5.91 Å². The van der Waals surface area contributed by atoms with Gasteiger partial charge in [0.1, 0.15) is 0 Å². The van der Waals surface area contributed by atoms with E-state index in [0.717, 1.165) is 25.3 Å². The second-order valence-electron chi connectivity index (χ2n) is 6.14. The first-order valence-corrected chi connectivity index (χ1v) is 8.81. The molecule has 1 heterocycles. The van der Waals surface area contributed by atoms with E-state index < -0.39 is 0 Å². The van der Waals surface area contributed by atoms with E-state index in [4.69, 9.17) is 5.73 Å². The highest BCUT2D eigenvalue weighted by molar-refractivity contribution is 7.99. The van der Waals surface area contributed by atoms with Crippen LogP contribution in [0.5, 0.6) is 0 Å². The molecule has 1 fully saturated rings. The Bertz CT molecular complexity index is 449. The summed E-state index contributed by atoms with van der Waals surface area (Å²) in [5.41, 5.74) is 7.00. The lowest BCUT2D eigenvalue weighted by Crippen LogP contribution is -2.39. The highest BCUT2D eigenvalue weighted by Crippen LogP contribution is 2.27. The normalized spacial score (nSPS) is 20.0. The number of carbonyl (C=O) groups excluding carboxylic acids is 1. The number of nitrogens with two attached hydrogens (primary N) is 1. The van der Waals surface area contributed by atoms with Crippen molar-refractivity contribution in [2.75, 3.05) is 19.6 Å². The van der Waals surface area contributed by atoms with Crippen molar-refractivity contribution in [1.29, 1.82) is 0 Å². The molecule has 0 saturated carbocycles. The van der Waals surface area contributed by atoms with Crippen LogP contribution in [0.2, 0.25) is 0 Å². The van der Waals surface area contributed by atoms with Crippen molar-refractivity contribution in [3.8, 4) is 0 Å². The van der Waals surface area contributed by atoms with E-state index in [-0.39, 0.29) is 5.25 Å². The molecule has 1 aliphatic rings. The van der Waals surface area contributed by atoms with E-state index in [1.165, 1.54) is 5.56 Å². The first-order valence-electron chi connectivity index (χ1n) is 7.76. The standard InChI is InChI=1S/C17H26N2OS/c1-13(2)16(21-12-14-6-4-3-5-7-14)17(20)19-9-8-15(10-18)11-19/h3-7,13,15-16H,8-12,18H2,1-2H3. The fourth-order valence-electron chi connectivity index (χ4n) is 2.71. The molecule has 2 unspecified atom stereocenters. The Balaban J connectivity index is 1.94. The van der Waals surface area contributed by atoms with Crippen molar-refractivity contribution in [3.63, 3.8) is 0 Å². The predicted octanol–water partition coefficient (Wildman–Crippen LogP) is 2.75. The van der Waals surface area contributed by atoms with Crippen molar-refractivity contribution >= 4 is 17.7 Å². The van der Waals surface area contributed by atoms with Gasteiger partial charge in [-0.2, -0.15) is 0 Å². The predicted molar refractivity (Wildman–Crippen MR) is 90.1 cm³/mol. The first kappa shape index (κ1) is 16.4. The number of hydrogen-bond donors (Lipinski definition) is 1. The second kappa shape index (κ2) is 7.85. The van der Waals surface area contributed by atoms with Gasteiger partial charge in [0.25, 0.3) is 0 Å². The van der Waals surface area contributed by atoms with Crippen LogP contribution in [0.4, 0.5) is 0 Å². The average molecular weight is 306 g/mol. The fourth-order valence-corrected chi connectivity index (χ4v) is 3.96. The third kappa shape index (κ3) is 4.48. The summed E-state index contributed by atoms with van der Waals surface area (Å²) < 4.78 is 0. The van der Waals surface area contributed by atoms with Gasteiger partial charge in [-0.05, 0) is 30.4 Å². The average Bonchev–Trinajstić information content (AvgIpc) is 2.97. The van der Waals surface area contributed by atoms with E-state index in [1.807, 2.05) is 11.0 Å². The number of amides is 1. The van der Waals surface area contributed by atoms with Gasteiger partial charge in [0.05, 0.1) is 5.25 Å². The number of likely N-dealkylation sites (tertiary alicyclic amines) is 1. The summed E-state index contributed by atoms with van der Waals surface area (Å²) in [5, 5.41) is 0.0433. The molecule has 2 rings (SSSR count). The van der Waals surface area contributed by atoms with Crippen molar-refractivity contribution in [1.82, 2.24) is 4.90 Å². The van der Waals surface area contributed by atoms with Gasteiger partial charge < -0.3 is 10.6 Å². The Hall–Kier alpha value is -1.00. The van der Waals surface area contributed by atoms with Crippen LogP contribution < -0.4 is 5.73 Å². The molecule has 0 aliphatic carbocycles. The lowest BCUT2D eigenvalue weighted by Gasteiger charge is -2.26. The third-order valence-corrected chi connectivity index (χ3v) is 5.66. The summed E-state index contributed by atoms with van der Waals surface area (Å²) in [4.78, 5) is 14.7. The van der Waals surface area contributed by atoms with Crippen LogP contribution >= 0.6 is 11.8 Å². The van der Waals surface area contributed by atoms with Crippen LogP contribution in [-0.2, 0) is 10.5 Å². The van der Waals surface area contributed by atoms with E-state index in [0.29, 0.717) is 24.3 Å². The molecule has 4 heteroatoms.